The number of carbonyl (C=O) groups excluding carboxylic acids is 1. The standard InChI is InChI=1S/C44H88NO7P/c1-6-8-10-12-14-16-18-20-22-24-26-28-30-32-34-36-39-49-43(42-52-53(47,48)51-40-38-45(3,4)5)41-50-44(46)37-35-33-31-29-27-25-23-21-19-17-15-13-11-9-7-2/h20,22,43H,6-19,21,23-42H2,1-5H3/b22-20-/t43-/m1/s1. The Hall–Kier alpha value is -0.760. The third-order valence-electron chi connectivity index (χ3n) is 9.85. The van der Waals surface area contributed by atoms with Crippen molar-refractivity contribution in [2.45, 2.75) is 213 Å². The molecule has 0 aromatic carbocycles. The molecule has 0 aliphatic rings. The van der Waals surface area contributed by atoms with Crippen molar-refractivity contribution >= 4 is 13.8 Å². The molecule has 0 rings (SSSR count). The largest absolute Gasteiger partial charge is 0.756 e. The molecule has 0 saturated heterocycles. The highest BCUT2D eigenvalue weighted by atomic mass is 31.2. The van der Waals surface area contributed by atoms with Gasteiger partial charge in [0.1, 0.15) is 25.9 Å². The first-order chi connectivity index (χ1) is 25.6. The smallest absolute Gasteiger partial charge is 0.305 e. The Morgan fingerprint density at radius 3 is 1.43 bits per heavy atom. The summed E-state index contributed by atoms with van der Waals surface area (Å²) in [5, 5.41) is 0. The van der Waals surface area contributed by atoms with Gasteiger partial charge < -0.3 is 27.9 Å². The van der Waals surface area contributed by atoms with E-state index in [9.17, 15) is 14.3 Å². The average molecular weight is 774 g/mol. The summed E-state index contributed by atoms with van der Waals surface area (Å²) in [6.45, 7) is 5.32. The molecule has 0 amide bonds. The zero-order valence-electron chi connectivity index (χ0n) is 35.7. The van der Waals surface area contributed by atoms with Crippen molar-refractivity contribution in [2.75, 3.05) is 54.1 Å². The summed E-state index contributed by atoms with van der Waals surface area (Å²) in [6, 6.07) is 0. The first kappa shape index (κ1) is 52.2. The number of nitrogens with zero attached hydrogens (tertiary/aromatic N) is 1. The number of phosphoric ester groups is 1. The van der Waals surface area contributed by atoms with E-state index in [0.29, 0.717) is 24.1 Å². The van der Waals surface area contributed by atoms with Crippen LogP contribution in [0.15, 0.2) is 12.2 Å². The van der Waals surface area contributed by atoms with Crippen molar-refractivity contribution in [3.8, 4) is 0 Å². The molecule has 8 nitrogen and oxygen atoms in total. The number of carbonyl (C=O) groups is 1. The lowest BCUT2D eigenvalue weighted by atomic mass is 10.0. The van der Waals surface area contributed by atoms with Crippen LogP contribution in [0.5, 0.6) is 0 Å². The molecule has 0 N–H and O–H groups in total. The number of esters is 1. The average Bonchev–Trinajstić information content (AvgIpc) is 3.11. The van der Waals surface area contributed by atoms with Gasteiger partial charge in [-0.05, 0) is 38.5 Å². The Morgan fingerprint density at radius 2 is 0.981 bits per heavy atom. The van der Waals surface area contributed by atoms with Gasteiger partial charge in [-0.3, -0.25) is 9.36 Å². The molecule has 53 heavy (non-hydrogen) atoms. The van der Waals surface area contributed by atoms with E-state index < -0.39 is 13.9 Å². The van der Waals surface area contributed by atoms with Crippen molar-refractivity contribution in [3.05, 3.63) is 12.2 Å². The van der Waals surface area contributed by atoms with E-state index in [4.69, 9.17) is 18.5 Å². The predicted molar refractivity (Wildman–Crippen MR) is 222 cm³/mol. The molecular weight excluding hydrogens is 685 g/mol. The maximum atomic E-state index is 12.5. The molecule has 0 saturated carbocycles. The minimum Gasteiger partial charge on any atom is -0.756 e. The van der Waals surface area contributed by atoms with Gasteiger partial charge >= 0.3 is 5.97 Å². The van der Waals surface area contributed by atoms with Crippen LogP contribution in [-0.4, -0.2) is 70.7 Å². The van der Waals surface area contributed by atoms with Crippen LogP contribution in [-0.2, 0) is 27.9 Å². The van der Waals surface area contributed by atoms with Crippen LogP contribution in [0.3, 0.4) is 0 Å². The van der Waals surface area contributed by atoms with Gasteiger partial charge in [-0.2, -0.15) is 0 Å². The van der Waals surface area contributed by atoms with Crippen LogP contribution in [0.1, 0.15) is 206 Å². The second-order valence-corrected chi connectivity index (χ2v) is 17.8. The maximum Gasteiger partial charge on any atom is 0.305 e. The van der Waals surface area contributed by atoms with E-state index in [1.807, 2.05) is 21.1 Å². The van der Waals surface area contributed by atoms with Gasteiger partial charge in [-0.15, -0.1) is 0 Å². The van der Waals surface area contributed by atoms with Crippen LogP contribution in [0.4, 0.5) is 0 Å². The number of hydrogen-bond donors (Lipinski definition) is 0. The first-order valence-electron chi connectivity index (χ1n) is 22.4. The molecular formula is C44H88NO7P. The summed E-state index contributed by atoms with van der Waals surface area (Å²) < 4.78 is 34.6. The Bertz CT molecular complexity index is 863. The maximum absolute atomic E-state index is 12.5. The van der Waals surface area contributed by atoms with Gasteiger partial charge in [-0.25, -0.2) is 0 Å². The zero-order valence-corrected chi connectivity index (χ0v) is 36.6. The Labute approximate surface area is 329 Å². The van der Waals surface area contributed by atoms with Crippen molar-refractivity contribution in [2.24, 2.45) is 0 Å². The van der Waals surface area contributed by atoms with Crippen molar-refractivity contribution in [1.82, 2.24) is 0 Å². The molecule has 316 valence electrons. The number of ether oxygens (including phenoxy) is 2. The van der Waals surface area contributed by atoms with Gasteiger partial charge in [0.2, 0.25) is 0 Å². The third kappa shape index (κ3) is 42.2. The summed E-state index contributed by atoms with van der Waals surface area (Å²) in [5.74, 6) is -0.268. The SMILES string of the molecule is CCCCCCCC/C=C\CCCCCCCCO[C@H](COC(=O)CCCCCCCCCCCCCCCCC)COP(=O)([O-])OCC[N+](C)(C)C. The highest BCUT2D eigenvalue weighted by Crippen LogP contribution is 2.38. The zero-order chi connectivity index (χ0) is 39.1. The molecule has 0 aliphatic heterocycles. The van der Waals surface area contributed by atoms with Crippen molar-refractivity contribution in [3.63, 3.8) is 0 Å². The van der Waals surface area contributed by atoms with E-state index in [1.54, 1.807) is 0 Å². The van der Waals surface area contributed by atoms with Gasteiger partial charge in [0.05, 0.1) is 27.7 Å². The van der Waals surface area contributed by atoms with Gasteiger partial charge in [-0.1, -0.05) is 174 Å². The van der Waals surface area contributed by atoms with Crippen LogP contribution >= 0.6 is 7.82 Å². The third-order valence-corrected chi connectivity index (χ3v) is 10.8. The molecule has 2 atom stereocenters. The molecule has 0 radical (unpaired) electrons. The Morgan fingerprint density at radius 1 is 0.566 bits per heavy atom. The monoisotopic (exact) mass is 774 g/mol. The van der Waals surface area contributed by atoms with Crippen molar-refractivity contribution in [1.29, 1.82) is 0 Å². The van der Waals surface area contributed by atoms with Gasteiger partial charge in [0.15, 0.2) is 0 Å². The van der Waals surface area contributed by atoms with E-state index in [2.05, 4.69) is 26.0 Å². The lowest BCUT2D eigenvalue weighted by Crippen LogP contribution is -2.37. The molecule has 0 fully saturated rings. The van der Waals surface area contributed by atoms with Crippen LogP contribution in [0, 0.1) is 0 Å². The number of hydrogen-bond acceptors (Lipinski definition) is 7. The molecule has 0 spiro atoms. The fourth-order valence-corrected chi connectivity index (χ4v) is 7.01. The summed E-state index contributed by atoms with van der Waals surface area (Å²) in [6.07, 6.45) is 40.9. The summed E-state index contributed by atoms with van der Waals surface area (Å²) in [5.41, 5.74) is 0. The van der Waals surface area contributed by atoms with Gasteiger partial charge in [0.25, 0.3) is 7.82 Å². The minimum atomic E-state index is -4.49. The topological polar surface area (TPSA) is 94.1 Å². The molecule has 9 heteroatoms. The number of likely N-dealkylation sites (N-methyl/N-ethyl adjacent to an activating group) is 1. The Balaban J connectivity index is 4.20. The number of quaternary nitrogens is 1. The predicted octanol–water partition coefficient (Wildman–Crippen LogP) is 12.4. The summed E-state index contributed by atoms with van der Waals surface area (Å²) >= 11 is 0. The fourth-order valence-electron chi connectivity index (χ4n) is 6.28. The van der Waals surface area contributed by atoms with Crippen LogP contribution in [0.2, 0.25) is 0 Å². The Kier molecular flexibility index (Phi) is 37.6. The highest BCUT2D eigenvalue weighted by Gasteiger charge is 2.19. The van der Waals surface area contributed by atoms with E-state index in [-0.39, 0.29) is 25.8 Å². The molecule has 0 aromatic rings. The fraction of sp³-hybridized carbons (Fsp3) is 0.932. The van der Waals surface area contributed by atoms with Crippen LogP contribution in [0.25, 0.3) is 0 Å². The number of unbranched alkanes of at least 4 members (excludes halogenated alkanes) is 26. The normalized spacial score (nSPS) is 13.8. The van der Waals surface area contributed by atoms with Gasteiger partial charge in [0, 0.05) is 13.0 Å². The number of phosphoric acid groups is 1. The second kappa shape index (κ2) is 38.1. The molecule has 0 aromatic heterocycles. The summed E-state index contributed by atoms with van der Waals surface area (Å²) in [7, 11) is 1.41. The lowest BCUT2D eigenvalue weighted by Gasteiger charge is -2.28. The molecule has 0 bridgehead atoms. The summed E-state index contributed by atoms with van der Waals surface area (Å²) in [4.78, 5) is 24.9. The quantitative estimate of drug-likeness (QED) is 0.0200. The lowest BCUT2D eigenvalue weighted by molar-refractivity contribution is -0.870. The van der Waals surface area contributed by atoms with E-state index in [0.717, 1.165) is 38.5 Å². The second-order valence-electron chi connectivity index (χ2n) is 16.4. The first-order valence-corrected chi connectivity index (χ1v) is 23.9. The molecule has 0 heterocycles. The minimum absolute atomic E-state index is 0.0250. The number of allylic oxidation sites excluding steroid dienone is 2. The number of rotatable bonds is 42. The van der Waals surface area contributed by atoms with E-state index >= 15 is 0 Å². The molecule has 0 aliphatic carbocycles. The molecule has 1 unspecified atom stereocenters. The van der Waals surface area contributed by atoms with E-state index in [1.165, 1.54) is 148 Å². The van der Waals surface area contributed by atoms with Crippen LogP contribution < -0.4 is 4.89 Å². The van der Waals surface area contributed by atoms with Crippen molar-refractivity contribution < 1.29 is 37.3 Å². The highest BCUT2D eigenvalue weighted by molar-refractivity contribution is 7.45.